The number of carbonyl (C=O) groups is 2. The van der Waals surface area contributed by atoms with Gasteiger partial charge in [0.15, 0.2) is 0 Å². The maximum Gasteiger partial charge on any atom is 0.354 e. The van der Waals surface area contributed by atoms with Crippen LogP contribution in [0, 0.1) is 0 Å². The average Bonchev–Trinajstić information content (AvgIpc) is 2.77. The Morgan fingerprint density at radius 2 is 2.05 bits per heavy atom. The predicted molar refractivity (Wildman–Crippen MR) is 78.2 cm³/mol. The van der Waals surface area contributed by atoms with Crippen LogP contribution in [0.25, 0.3) is 10.9 Å². The molecule has 1 amide bonds. The molecule has 2 rings (SSSR count). The van der Waals surface area contributed by atoms with Crippen LogP contribution in [-0.2, 0) is 16.1 Å². The van der Waals surface area contributed by atoms with E-state index in [1.165, 1.54) is 6.07 Å². The van der Waals surface area contributed by atoms with E-state index in [1.807, 2.05) is 6.92 Å². The first-order valence-corrected chi connectivity index (χ1v) is 6.82. The van der Waals surface area contributed by atoms with Crippen molar-refractivity contribution in [2.75, 3.05) is 13.2 Å². The van der Waals surface area contributed by atoms with Gasteiger partial charge in [-0.3, -0.25) is 4.79 Å². The molecule has 6 nitrogen and oxygen atoms in total. The van der Waals surface area contributed by atoms with Gasteiger partial charge in [-0.2, -0.15) is 0 Å². The van der Waals surface area contributed by atoms with E-state index < -0.39 is 5.97 Å². The summed E-state index contributed by atoms with van der Waals surface area (Å²) < 4.78 is 6.61. The van der Waals surface area contributed by atoms with Crippen LogP contribution >= 0.6 is 0 Å². The van der Waals surface area contributed by atoms with E-state index in [2.05, 4.69) is 5.32 Å². The molecule has 0 atom stereocenters. The minimum absolute atomic E-state index is 0.0241. The summed E-state index contributed by atoms with van der Waals surface area (Å²) in [6, 6.07) is 6.36. The Morgan fingerprint density at radius 1 is 1.29 bits per heavy atom. The number of aromatic nitrogens is 1. The molecule has 2 N–H and O–H groups in total. The average molecular weight is 290 g/mol. The number of phenols is 1. The lowest BCUT2D eigenvalue weighted by Crippen LogP contribution is -2.28. The summed E-state index contributed by atoms with van der Waals surface area (Å²) in [5.74, 6) is -0.570. The van der Waals surface area contributed by atoms with Crippen molar-refractivity contribution in [1.82, 2.24) is 9.88 Å². The molecule has 1 heterocycles. The summed E-state index contributed by atoms with van der Waals surface area (Å²) in [6.07, 6.45) is 0. The molecular weight excluding hydrogens is 272 g/mol. The van der Waals surface area contributed by atoms with Gasteiger partial charge in [0, 0.05) is 17.4 Å². The first kappa shape index (κ1) is 14.9. The Balaban J connectivity index is 2.49. The van der Waals surface area contributed by atoms with Crippen LogP contribution < -0.4 is 5.32 Å². The molecule has 0 saturated carbocycles. The number of nitrogens with one attached hydrogen (secondary N) is 1. The van der Waals surface area contributed by atoms with Crippen LogP contribution in [0.4, 0.5) is 0 Å². The zero-order valence-electron chi connectivity index (χ0n) is 12.0. The van der Waals surface area contributed by atoms with Gasteiger partial charge in [0.2, 0.25) is 5.91 Å². The van der Waals surface area contributed by atoms with Gasteiger partial charge < -0.3 is 19.7 Å². The summed E-state index contributed by atoms with van der Waals surface area (Å²) in [5.41, 5.74) is 0.991. The molecule has 1 aromatic carbocycles. The van der Waals surface area contributed by atoms with Crippen LogP contribution in [0.3, 0.4) is 0 Å². The number of hydrogen-bond donors (Lipinski definition) is 2. The maximum absolute atomic E-state index is 12.0. The number of ether oxygens (including phenoxy) is 1. The fourth-order valence-electron chi connectivity index (χ4n) is 2.20. The molecule has 0 spiro atoms. The van der Waals surface area contributed by atoms with E-state index in [4.69, 9.17) is 4.74 Å². The minimum atomic E-state index is -0.488. The Labute approximate surface area is 122 Å². The van der Waals surface area contributed by atoms with Crippen molar-refractivity contribution in [3.05, 3.63) is 30.0 Å². The van der Waals surface area contributed by atoms with Gasteiger partial charge in [-0.25, -0.2) is 4.79 Å². The number of phenolic OH excluding ortho intramolecular Hbond substituents is 1. The monoisotopic (exact) mass is 290 g/mol. The third-order valence-corrected chi connectivity index (χ3v) is 3.05. The quantitative estimate of drug-likeness (QED) is 0.821. The van der Waals surface area contributed by atoms with Crippen molar-refractivity contribution in [3.8, 4) is 5.75 Å². The highest BCUT2D eigenvalue weighted by Gasteiger charge is 2.18. The van der Waals surface area contributed by atoms with Crippen LogP contribution in [-0.4, -0.2) is 34.7 Å². The number of carbonyl (C=O) groups excluding carboxylic acids is 2. The number of fused-ring (bicyclic) bond motifs is 1. The van der Waals surface area contributed by atoms with E-state index in [0.29, 0.717) is 23.1 Å². The van der Waals surface area contributed by atoms with Crippen molar-refractivity contribution in [2.45, 2.75) is 20.4 Å². The molecule has 0 aliphatic rings. The number of aromatic hydroxyl groups is 1. The number of hydrogen-bond acceptors (Lipinski definition) is 4. The van der Waals surface area contributed by atoms with E-state index >= 15 is 0 Å². The van der Waals surface area contributed by atoms with Crippen LogP contribution in [0.15, 0.2) is 24.3 Å². The van der Waals surface area contributed by atoms with Gasteiger partial charge in [-0.15, -0.1) is 0 Å². The Morgan fingerprint density at radius 3 is 2.71 bits per heavy atom. The number of amides is 1. The van der Waals surface area contributed by atoms with Crippen molar-refractivity contribution < 1.29 is 19.4 Å². The van der Waals surface area contributed by atoms with Gasteiger partial charge in [-0.05, 0) is 38.1 Å². The standard InChI is InChI=1S/C15H18N2O4/c1-3-16-14(19)9-17-12-6-5-11(18)7-10(12)8-13(17)15(20)21-4-2/h5-8,18H,3-4,9H2,1-2H3,(H,16,19). The number of likely N-dealkylation sites (N-methyl/N-ethyl adjacent to an activating group) is 1. The third-order valence-electron chi connectivity index (χ3n) is 3.05. The van der Waals surface area contributed by atoms with Crippen molar-refractivity contribution >= 4 is 22.8 Å². The second kappa shape index (κ2) is 6.30. The predicted octanol–water partition coefficient (Wildman–Crippen LogP) is 1.66. The fourth-order valence-corrected chi connectivity index (χ4v) is 2.20. The zero-order valence-corrected chi connectivity index (χ0v) is 12.0. The SMILES string of the molecule is CCNC(=O)Cn1c(C(=O)OCC)cc2cc(O)ccc21. The van der Waals surface area contributed by atoms with Gasteiger partial charge in [0.25, 0.3) is 0 Å². The molecule has 0 aliphatic carbocycles. The fraction of sp³-hybridized carbons (Fsp3) is 0.333. The van der Waals surface area contributed by atoms with Crippen molar-refractivity contribution in [2.24, 2.45) is 0 Å². The normalized spacial score (nSPS) is 10.6. The lowest BCUT2D eigenvalue weighted by Gasteiger charge is -2.10. The van der Waals surface area contributed by atoms with Crippen LogP contribution in [0.2, 0.25) is 0 Å². The highest BCUT2D eigenvalue weighted by Crippen LogP contribution is 2.24. The van der Waals surface area contributed by atoms with Gasteiger partial charge in [-0.1, -0.05) is 0 Å². The van der Waals surface area contributed by atoms with Gasteiger partial charge in [0.05, 0.1) is 6.61 Å². The largest absolute Gasteiger partial charge is 0.508 e. The first-order chi connectivity index (χ1) is 10.1. The molecule has 2 aromatic rings. The number of benzene rings is 1. The molecule has 0 saturated heterocycles. The lowest BCUT2D eigenvalue weighted by atomic mass is 10.2. The maximum atomic E-state index is 12.0. The Kier molecular flexibility index (Phi) is 4.47. The minimum Gasteiger partial charge on any atom is -0.508 e. The van der Waals surface area contributed by atoms with E-state index in [1.54, 1.807) is 29.7 Å². The number of rotatable bonds is 5. The smallest absolute Gasteiger partial charge is 0.354 e. The van der Waals surface area contributed by atoms with Crippen molar-refractivity contribution in [1.29, 1.82) is 0 Å². The number of nitrogens with zero attached hydrogens (tertiary/aromatic N) is 1. The van der Waals surface area contributed by atoms with E-state index in [0.717, 1.165) is 0 Å². The molecule has 0 aliphatic heterocycles. The van der Waals surface area contributed by atoms with Crippen LogP contribution in [0.1, 0.15) is 24.3 Å². The molecular formula is C15H18N2O4. The highest BCUT2D eigenvalue weighted by atomic mass is 16.5. The summed E-state index contributed by atoms with van der Waals surface area (Å²) >= 11 is 0. The third kappa shape index (κ3) is 3.16. The van der Waals surface area contributed by atoms with Gasteiger partial charge >= 0.3 is 5.97 Å². The Bertz CT molecular complexity index is 676. The lowest BCUT2D eigenvalue weighted by molar-refractivity contribution is -0.121. The molecule has 0 fully saturated rings. The first-order valence-electron chi connectivity index (χ1n) is 6.82. The van der Waals surface area contributed by atoms with E-state index in [-0.39, 0.29) is 24.8 Å². The molecule has 112 valence electrons. The molecule has 6 heteroatoms. The molecule has 21 heavy (non-hydrogen) atoms. The topological polar surface area (TPSA) is 80.6 Å². The molecule has 0 radical (unpaired) electrons. The van der Waals surface area contributed by atoms with Crippen LogP contribution in [0.5, 0.6) is 5.75 Å². The second-order valence-electron chi connectivity index (χ2n) is 4.53. The summed E-state index contributed by atoms with van der Waals surface area (Å²) in [7, 11) is 0. The summed E-state index contributed by atoms with van der Waals surface area (Å²) in [4.78, 5) is 23.8. The summed E-state index contributed by atoms with van der Waals surface area (Å²) in [5, 5.41) is 12.9. The van der Waals surface area contributed by atoms with Gasteiger partial charge in [0.1, 0.15) is 18.0 Å². The highest BCUT2D eigenvalue weighted by molar-refractivity contribution is 5.97. The second-order valence-corrected chi connectivity index (χ2v) is 4.53. The Hall–Kier alpha value is -2.50. The molecule has 0 bridgehead atoms. The zero-order chi connectivity index (χ0) is 15.4. The molecule has 0 unspecified atom stereocenters. The van der Waals surface area contributed by atoms with E-state index in [9.17, 15) is 14.7 Å². The summed E-state index contributed by atoms with van der Waals surface area (Å²) in [6.45, 7) is 4.35. The number of esters is 1. The van der Waals surface area contributed by atoms with Crippen molar-refractivity contribution in [3.63, 3.8) is 0 Å². The molecule has 1 aromatic heterocycles.